The predicted octanol–water partition coefficient (Wildman–Crippen LogP) is 2.56. The molecule has 1 amide bonds. The summed E-state index contributed by atoms with van der Waals surface area (Å²) in [5.74, 6) is -0.364. The molecule has 0 bridgehead atoms. The maximum absolute atomic E-state index is 11.9. The number of rotatable bonds is 3. The van der Waals surface area contributed by atoms with E-state index in [1.54, 1.807) is 0 Å². The number of hydrogen-bond acceptors (Lipinski definition) is 4. The summed E-state index contributed by atoms with van der Waals surface area (Å²) in [4.78, 5) is 21.9. The maximum Gasteiger partial charge on any atom is 0.288 e. The van der Waals surface area contributed by atoms with E-state index in [0.717, 1.165) is 0 Å². The minimum atomic E-state index is -0.693. The first-order chi connectivity index (χ1) is 8.62. The molecule has 0 radical (unpaired) electrons. The van der Waals surface area contributed by atoms with E-state index in [1.807, 2.05) is 20.8 Å². The standard InChI is InChI=1S/C12H16ClN3O3/c1-12(2,3)10(14)11(17)15-7-4-5-9(16(18)19)8(13)6-7/h4-6,10H,14H2,1-3H3,(H,15,17)/t10-/m1/s1. The first-order valence-electron chi connectivity index (χ1n) is 5.63. The van der Waals surface area contributed by atoms with Crippen LogP contribution in [0.5, 0.6) is 0 Å². The number of nitro benzene ring substituents is 1. The Morgan fingerprint density at radius 2 is 2.05 bits per heavy atom. The molecule has 0 saturated heterocycles. The molecule has 6 nitrogen and oxygen atoms in total. The highest BCUT2D eigenvalue weighted by Crippen LogP contribution is 2.27. The Kier molecular flexibility index (Phi) is 4.49. The molecule has 0 saturated carbocycles. The van der Waals surface area contributed by atoms with Crippen LogP contribution in [-0.2, 0) is 4.79 Å². The molecule has 3 N–H and O–H groups in total. The van der Waals surface area contributed by atoms with Gasteiger partial charge in [0.25, 0.3) is 5.69 Å². The minimum Gasteiger partial charge on any atom is -0.325 e. The van der Waals surface area contributed by atoms with Gasteiger partial charge in [0, 0.05) is 11.8 Å². The van der Waals surface area contributed by atoms with Crippen molar-refractivity contribution in [1.29, 1.82) is 0 Å². The third-order valence-electron chi connectivity index (χ3n) is 2.63. The Bertz CT molecular complexity index is 511. The molecule has 1 aromatic rings. The average Bonchev–Trinajstić information content (AvgIpc) is 2.26. The van der Waals surface area contributed by atoms with Gasteiger partial charge in [-0.2, -0.15) is 0 Å². The predicted molar refractivity (Wildman–Crippen MR) is 74.2 cm³/mol. The topological polar surface area (TPSA) is 98.3 Å². The van der Waals surface area contributed by atoms with Crippen LogP contribution >= 0.6 is 11.6 Å². The molecule has 0 aliphatic carbocycles. The summed E-state index contributed by atoms with van der Waals surface area (Å²) in [6.07, 6.45) is 0. The van der Waals surface area contributed by atoms with Crippen molar-refractivity contribution in [1.82, 2.24) is 0 Å². The zero-order valence-electron chi connectivity index (χ0n) is 10.9. The summed E-state index contributed by atoms with van der Waals surface area (Å²) >= 11 is 5.75. The van der Waals surface area contributed by atoms with Crippen LogP contribution in [0.15, 0.2) is 18.2 Å². The highest BCUT2D eigenvalue weighted by molar-refractivity contribution is 6.33. The number of halogens is 1. The van der Waals surface area contributed by atoms with Crippen LogP contribution in [-0.4, -0.2) is 16.9 Å². The van der Waals surface area contributed by atoms with Gasteiger partial charge in [-0.05, 0) is 17.5 Å². The van der Waals surface area contributed by atoms with Crippen LogP contribution < -0.4 is 11.1 Å². The van der Waals surface area contributed by atoms with Crippen LogP contribution in [0.2, 0.25) is 5.02 Å². The van der Waals surface area contributed by atoms with Gasteiger partial charge in [0.15, 0.2) is 0 Å². The number of hydrogen-bond donors (Lipinski definition) is 2. The van der Waals surface area contributed by atoms with Gasteiger partial charge in [-0.1, -0.05) is 32.4 Å². The molecule has 1 atom stereocenters. The Hall–Kier alpha value is -1.66. The van der Waals surface area contributed by atoms with E-state index >= 15 is 0 Å². The molecule has 0 aliphatic heterocycles. The van der Waals surface area contributed by atoms with Crippen LogP contribution in [0.25, 0.3) is 0 Å². The molecule has 0 unspecified atom stereocenters. The van der Waals surface area contributed by atoms with Gasteiger partial charge < -0.3 is 11.1 Å². The van der Waals surface area contributed by atoms with Crippen LogP contribution in [0.4, 0.5) is 11.4 Å². The number of nitrogens with one attached hydrogen (secondary N) is 1. The molecule has 7 heteroatoms. The van der Waals surface area contributed by atoms with Crippen molar-refractivity contribution >= 4 is 28.9 Å². The number of nitrogens with two attached hydrogens (primary N) is 1. The van der Waals surface area contributed by atoms with Crippen molar-refractivity contribution < 1.29 is 9.72 Å². The lowest BCUT2D eigenvalue weighted by molar-refractivity contribution is -0.384. The number of anilines is 1. The number of amides is 1. The monoisotopic (exact) mass is 285 g/mol. The van der Waals surface area contributed by atoms with E-state index in [0.29, 0.717) is 5.69 Å². The van der Waals surface area contributed by atoms with Crippen LogP contribution in [0, 0.1) is 15.5 Å². The lowest BCUT2D eigenvalue weighted by Crippen LogP contribution is -2.45. The minimum absolute atomic E-state index is 0.0351. The maximum atomic E-state index is 11.9. The van der Waals surface area contributed by atoms with Crippen molar-refractivity contribution in [3.8, 4) is 0 Å². The van der Waals surface area contributed by atoms with E-state index in [-0.39, 0.29) is 22.0 Å². The number of nitrogens with zero attached hydrogens (tertiary/aromatic N) is 1. The lowest BCUT2D eigenvalue weighted by atomic mass is 9.87. The van der Waals surface area contributed by atoms with Crippen LogP contribution in [0.3, 0.4) is 0 Å². The quantitative estimate of drug-likeness (QED) is 0.658. The summed E-state index contributed by atoms with van der Waals surface area (Å²) in [7, 11) is 0. The van der Waals surface area contributed by atoms with Gasteiger partial charge in [-0.25, -0.2) is 0 Å². The Morgan fingerprint density at radius 3 is 2.47 bits per heavy atom. The summed E-state index contributed by atoms with van der Waals surface area (Å²) in [6, 6.07) is 3.28. The molecular weight excluding hydrogens is 270 g/mol. The fraction of sp³-hybridized carbons (Fsp3) is 0.417. The highest BCUT2D eigenvalue weighted by Gasteiger charge is 2.27. The van der Waals surface area contributed by atoms with Gasteiger partial charge in [0.1, 0.15) is 5.02 Å². The van der Waals surface area contributed by atoms with Gasteiger partial charge in [-0.15, -0.1) is 0 Å². The van der Waals surface area contributed by atoms with Crippen molar-refractivity contribution in [3.05, 3.63) is 33.3 Å². The van der Waals surface area contributed by atoms with E-state index in [4.69, 9.17) is 17.3 Å². The highest BCUT2D eigenvalue weighted by atomic mass is 35.5. The second-order valence-electron chi connectivity index (χ2n) is 5.26. The fourth-order valence-corrected chi connectivity index (χ4v) is 1.60. The lowest BCUT2D eigenvalue weighted by Gasteiger charge is -2.25. The van der Waals surface area contributed by atoms with Crippen molar-refractivity contribution in [3.63, 3.8) is 0 Å². The fourth-order valence-electron chi connectivity index (χ4n) is 1.35. The Labute approximate surface area is 116 Å². The Morgan fingerprint density at radius 1 is 1.47 bits per heavy atom. The number of carbonyl (C=O) groups is 1. The van der Waals surface area contributed by atoms with Crippen molar-refractivity contribution in [2.45, 2.75) is 26.8 Å². The van der Waals surface area contributed by atoms with Gasteiger partial charge >= 0.3 is 0 Å². The zero-order chi connectivity index (χ0) is 14.8. The smallest absolute Gasteiger partial charge is 0.288 e. The van der Waals surface area contributed by atoms with Crippen molar-refractivity contribution in [2.24, 2.45) is 11.1 Å². The molecule has 0 aromatic heterocycles. The van der Waals surface area contributed by atoms with E-state index < -0.39 is 11.0 Å². The molecule has 0 heterocycles. The van der Waals surface area contributed by atoms with Gasteiger partial charge in [0.05, 0.1) is 11.0 Å². The SMILES string of the molecule is CC(C)(C)[C@H](N)C(=O)Nc1ccc([N+](=O)[O-])c(Cl)c1. The summed E-state index contributed by atoms with van der Waals surface area (Å²) in [5.41, 5.74) is 5.59. The summed E-state index contributed by atoms with van der Waals surface area (Å²) in [6.45, 7) is 5.54. The molecule has 0 fully saturated rings. The van der Waals surface area contributed by atoms with E-state index in [2.05, 4.69) is 5.32 Å². The summed E-state index contributed by atoms with van der Waals surface area (Å²) < 4.78 is 0. The Balaban J connectivity index is 2.87. The third kappa shape index (κ3) is 3.90. The molecule has 104 valence electrons. The first-order valence-corrected chi connectivity index (χ1v) is 6.01. The molecular formula is C12H16ClN3O3. The zero-order valence-corrected chi connectivity index (χ0v) is 11.7. The van der Waals surface area contributed by atoms with E-state index in [9.17, 15) is 14.9 Å². The molecule has 0 spiro atoms. The number of nitro groups is 1. The third-order valence-corrected chi connectivity index (χ3v) is 2.93. The van der Waals surface area contributed by atoms with E-state index in [1.165, 1.54) is 18.2 Å². The van der Waals surface area contributed by atoms with Gasteiger partial charge in [-0.3, -0.25) is 14.9 Å². The second-order valence-corrected chi connectivity index (χ2v) is 5.66. The number of benzene rings is 1. The van der Waals surface area contributed by atoms with Crippen molar-refractivity contribution in [2.75, 3.05) is 5.32 Å². The first kappa shape index (κ1) is 15.4. The van der Waals surface area contributed by atoms with Gasteiger partial charge in [0.2, 0.25) is 5.91 Å². The van der Waals surface area contributed by atoms with Crippen LogP contribution in [0.1, 0.15) is 20.8 Å². The number of carbonyl (C=O) groups excluding carboxylic acids is 1. The molecule has 1 rings (SSSR count). The summed E-state index contributed by atoms with van der Waals surface area (Å²) in [5, 5.41) is 13.2. The largest absolute Gasteiger partial charge is 0.325 e. The second kappa shape index (κ2) is 5.54. The molecule has 19 heavy (non-hydrogen) atoms. The normalized spacial score (nSPS) is 12.9. The molecule has 0 aliphatic rings. The average molecular weight is 286 g/mol. The molecule has 1 aromatic carbocycles.